The van der Waals surface area contributed by atoms with Gasteiger partial charge in [-0.2, -0.15) is 0 Å². The second-order valence-electron chi connectivity index (χ2n) is 4.71. The molecule has 2 amide bonds. The molecular weight excluding hydrogens is 210 g/mol. The molecule has 0 aromatic carbocycles. The summed E-state index contributed by atoms with van der Waals surface area (Å²) in [4.78, 5) is 24.1. The van der Waals surface area contributed by atoms with Crippen molar-refractivity contribution in [3.05, 3.63) is 0 Å². The van der Waals surface area contributed by atoms with Crippen molar-refractivity contribution in [1.29, 1.82) is 0 Å². The predicted molar refractivity (Wildman–Crippen MR) is 60.4 cm³/mol. The van der Waals surface area contributed by atoms with E-state index in [1.54, 1.807) is 34.9 Å². The number of carbonyl (C=O) groups is 2. The number of ether oxygens (including phenoxy) is 1. The lowest BCUT2D eigenvalue weighted by Gasteiger charge is -2.24. The maximum Gasteiger partial charge on any atom is 0.424 e. The molecule has 94 valence electrons. The van der Waals surface area contributed by atoms with E-state index in [4.69, 9.17) is 10.6 Å². The van der Waals surface area contributed by atoms with Crippen molar-refractivity contribution in [2.45, 2.75) is 32.8 Å². The minimum absolute atomic E-state index is 0.0843. The van der Waals surface area contributed by atoms with E-state index in [1.165, 1.54) is 4.90 Å². The zero-order valence-electron chi connectivity index (χ0n) is 10.6. The standard InChI is InChI=1S/C10H21N3O3/c1-10(2,3)16-9(15)13(11)7-6-8(14)12(4)5/h6-7,11H2,1-5H3. The first kappa shape index (κ1) is 14.7. The van der Waals surface area contributed by atoms with E-state index in [9.17, 15) is 9.59 Å². The van der Waals surface area contributed by atoms with E-state index in [1.807, 2.05) is 0 Å². The van der Waals surface area contributed by atoms with Crippen molar-refractivity contribution < 1.29 is 14.3 Å². The molecule has 6 heteroatoms. The van der Waals surface area contributed by atoms with Crippen molar-refractivity contribution in [1.82, 2.24) is 9.91 Å². The number of hydrogen-bond acceptors (Lipinski definition) is 4. The van der Waals surface area contributed by atoms with Crippen LogP contribution in [0.5, 0.6) is 0 Å². The highest BCUT2D eigenvalue weighted by atomic mass is 16.6. The van der Waals surface area contributed by atoms with Gasteiger partial charge in [-0.3, -0.25) is 4.79 Å². The smallest absolute Gasteiger partial charge is 0.424 e. The predicted octanol–water partition coefficient (Wildman–Crippen LogP) is 0.575. The number of amides is 2. The highest BCUT2D eigenvalue weighted by Gasteiger charge is 2.20. The molecule has 0 fully saturated rings. The molecular formula is C10H21N3O3. The lowest BCUT2D eigenvalue weighted by Crippen LogP contribution is -2.43. The van der Waals surface area contributed by atoms with Crippen LogP contribution in [-0.2, 0) is 9.53 Å². The van der Waals surface area contributed by atoms with Crippen LogP contribution in [0.25, 0.3) is 0 Å². The van der Waals surface area contributed by atoms with Crippen LogP contribution in [0.1, 0.15) is 27.2 Å². The van der Waals surface area contributed by atoms with E-state index < -0.39 is 11.7 Å². The fourth-order valence-electron chi connectivity index (χ4n) is 0.852. The molecule has 0 aliphatic heterocycles. The zero-order chi connectivity index (χ0) is 12.9. The molecule has 0 radical (unpaired) electrons. The summed E-state index contributed by atoms with van der Waals surface area (Å²) >= 11 is 0. The Morgan fingerprint density at radius 2 is 1.75 bits per heavy atom. The Bertz CT molecular complexity index is 259. The number of nitrogens with zero attached hydrogens (tertiary/aromatic N) is 2. The summed E-state index contributed by atoms with van der Waals surface area (Å²) < 4.78 is 5.03. The Hall–Kier alpha value is -1.30. The molecule has 0 atom stereocenters. The summed E-state index contributed by atoms with van der Waals surface area (Å²) in [6, 6.07) is 0. The van der Waals surface area contributed by atoms with E-state index >= 15 is 0 Å². The topological polar surface area (TPSA) is 75.9 Å². The first-order chi connectivity index (χ1) is 7.13. The molecule has 16 heavy (non-hydrogen) atoms. The number of hydrazine groups is 1. The lowest BCUT2D eigenvalue weighted by atomic mass is 10.2. The molecule has 0 aromatic heterocycles. The summed E-state index contributed by atoms with van der Waals surface area (Å²) in [7, 11) is 3.30. The number of hydrogen-bond donors (Lipinski definition) is 1. The molecule has 0 aromatic rings. The maximum absolute atomic E-state index is 11.4. The van der Waals surface area contributed by atoms with Gasteiger partial charge in [0, 0.05) is 27.1 Å². The molecule has 0 rings (SSSR count). The Labute approximate surface area is 96.3 Å². The minimum atomic E-state index is -0.626. The number of nitrogens with two attached hydrogens (primary N) is 1. The van der Waals surface area contributed by atoms with Gasteiger partial charge in [-0.15, -0.1) is 0 Å². The minimum Gasteiger partial charge on any atom is -0.443 e. The van der Waals surface area contributed by atoms with E-state index in [2.05, 4.69) is 0 Å². The summed E-state index contributed by atoms with van der Waals surface area (Å²) in [6.07, 6.45) is -0.443. The largest absolute Gasteiger partial charge is 0.443 e. The molecule has 0 bridgehead atoms. The zero-order valence-corrected chi connectivity index (χ0v) is 10.6. The van der Waals surface area contributed by atoms with Crippen LogP contribution in [-0.4, -0.2) is 48.2 Å². The van der Waals surface area contributed by atoms with Gasteiger partial charge in [-0.05, 0) is 20.8 Å². The average molecular weight is 231 g/mol. The number of carbonyl (C=O) groups excluding carboxylic acids is 2. The molecule has 0 aliphatic rings. The van der Waals surface area contributed by atoms with Gasteiger partial charge in [0.25, 0.3) is 0 Å². The monoisotopic (exact) mass is 231 g/mol. The van der Waals surface area contributed by atoms with Crippen LogP contribution in [0.4, 0.5) is 4.79 Å². The summed E-state index contributed by atoms with van der Waals surface area (Å²) in [5.41, 5.74) is -0.583. The van der Waals surface area contributed by atoms with Crippen molar-refractivity contribution in [3.63, 3.8) is 0 Å². The Kier molecular flexibility index (Phi) is 5.23. The first-order valence-electron chi connectivity index (χ1n) is 5.09. The quantitative estimate of drug-likeness (QED) is 0.438. The van der Waals surface area contributed by atoms with Crippen LogP contribution < -0.4 is 5.84 Å². The van der Waals surface area contributed by atoms with Crippen molar-refractivity contribution in [2.75, 3.05) is 20.6 Å². The third kappa shape index (κ3) is 6.23. The fourth-order valence-corrected chi connectivity index (χ4v) is 0.852. The second kappa shape index (κ2) is 5.69. The van der Waals surface area contributed by atoms with Gasteiger partial charge in [0.2, 0.25) is 5.91 Å². The van der Waals surface area contributed by atoms with Crippen LogP contribution in [0.3, 0.4) is 0 Å². The summed E-state index contributed by atoms with van der Waals surface area (Å²) in [5, 5.41) is 0.909. The lowest BCUT2D eigenvalue weighted by molar-refractivity contribution is -0.128. The van der Waals surface area contributed by atoms with Crippen molar-refractivity contribution >= 4 is 12.0 Å². The molecule has 0 aliphatic carbocycles. The Morgan fingerprint density at radius 3 is 2.12 bits per heavy atom. The van der Waals surface area contributed by atoms with Gasteiger partial charge in [0.1, 0.15) is 5.60 Å². The third-order valence-corrected chi connectivity index (χ3v) is 1.69. The van der Waals surface area contributed by atoms with Gasteiger partial charge >= 0.3 is 6.09 Å². The third-order valence-electron chi connectivity index (χ3n) is 1.69. The van der Waals surface area contributed by atoms with E-state index in [-0.39, 0.29) is 18.9 Å². The highest BCUT2D eigenvalue weighted by molar-refractivity contribution is 5.76. The first-order valence-corrected chi connectivity index (χ1v) is 5.09. The van der Waals surface area contributed by atoms with Crippen LogP contribution in [0.15, 0.2) is 0 Å². The maximum atomic E-state index is 11.4. The average Bonchev–Trinajstić information content (AvgIpc) is 2.10. The van der Waals surface area contributed by atoms with Gasteiger partial charge in [-0.25, -0.2) is 15.6 Å². The fraction of sp³-hybridized carbons (Fsp3) is 0.800. The molecule has 6 nitrogen and oxygen atoms in total. The van der Waals surface area contributed by atoms with E-state index in [0.717, 1.165) is 5.01 Å². The van der Waals surface area contributed by atoms with Crippen LogP contribution >= 0.6 is 0 Å². The Balaban J connectivity index is 4.03. The summed E-state index contributed by atoms with van der Waals surface area (Å²) in [6.45, 7) is 5.41. The highest BCUT2D eigenvalue weighted by Crippen LogP contribution is 2.08. The summed E-state index contributed by atoms with van der Waals surface area (Å²) in [5.74, 6) is 5.38. The molecule has 0 unspecified atom stereocenters. The van der Waals surface area contributed by atoms with Crippen LogP contribution in [0, 0.1) is 0 Å². The van der Waals surface area contributed by atoms with Gasteiger partial charge in [0.15, 0.2) is 0 Å². The molecule has 0 saturated carbocycles. The van der Waals surface area contributed by atoms with Crippen molar-refractivity contribution in [2.24, 2.45) is 5.84 Å². The molecule has 0 spiro atoms. The molecule has 2 N–H and O–H groups in total. The molecule has 0 heterocycles. The second-order valence-corrected chi connectivity index (χ2v) is 4.71. The van der Waals surface area contributed by atoms with Crippen LogP contribution in [0.2, 0.25) is 0 Å². The SMILES string of the molecule is CN(C)C(=O)CCN(N)C(=O)OC(C)(C)C. The normalized spacial score (nSPS) is 10.9. The Morgan fingerprint density at radius 1 is 1.25 bits per heavy atom. The molecule has 0 saturated heterocycles. The van der Waals surface area contributed by atoms with Gasteiger partial charge < -0.3 is 9.64 Å². The van der Waals surface area contributed by atoms with E-state index in [0.29, 0.717) is 0 Å². The van der Waals surface area contributed by atoms with Gasteiger partial charge in [0.05, 0.1) is 0 Å². The number of rotatable bonds is 3. The van der Waals surface area contributed by atoms with Crippen molar-refractivity contribution in [3.8, 4) is 0 Å². The van der Waals surface area contributed by atoms with Gasteiger partial charge in [-0.1, -0.05) is 0 Å².